The highest BCUT2D eigenvalue weighted by Gasteiger charge is 2.27. The minimum atomic E-state index is 0.509. The van der Waals surface area contributed by atoms with Crippen molar-refractivity contribution < 1.29 is 0 Å². The van der Waals surface area contributed by atoms with Gasteiger partial charge in [-0.15, -0.1) is 0 Å². The maximum atomic E-state index is 4.52. The van der Waals surface area contributed by atoms with Crippen molar-refractivity contribution >= 4 is 0 Å². The Morgan fingerprint density at radius 2 is 2.18 bits per heavy atom. The van der Waals surface area contributed by atoms with Crippen LogP contribution in [0.4, 0.5) is 0 Å². The molecule has 0 aliphatic heterocycles. The summed E-state index contributed by atoms with van der Waals surface area (Å²) < 4.78 is 2.41. The van der Waals surface area contributed by atoms with E-state index in [0.29, 0.717) is 18.0 Å². The zero-order chi connectivity index (χ0) is 12.3. The molecule has 0 saturated heterocycles. The molecule has 2 unspecified atom stereocenters. The average molecular weight is 235 g/mol. The first-order valence-electron chi connectivity index (χ1n) is 7.00. The summed E-state index contributed by atoms with van der Waals surface area (Å²) in [6.45, 7) is 7.71. The first-order chi connectivity index (χ1) is 8.24. The number of nitrogens with zero attached hydrogens (tertiary/aromatic N) is 2. The molecule has 1 N–H and O–H groups in total. The van der Waals surface area contributed by atoms with Gasteiger partial charge in [-0.3, -0.25) is 0 Å². The lowest BCUT2D eigenvalue weighted by Gasteiger charge is -2.34. The van der Waals surface area contributed by atoms with Crippen molar-refractivity contribution in [1.82, 2.24) is 14.9 Å². The van der Waals surface area contributed by atoms with Gasteiger partial charge in [0.15, 0.2) is 0 Å². The Balaban J connectivity index is 2.20. The molecule has 0 amide bonds. The molecule has 2 atom stereocenters. The highest BCUT2D eigenvalue weighted by atomic mass is 15.1. The number of likely N-dealkylation sites (N-methyl/N-ethyl adjacent to an activating group) is 1. The second kappa shape index (κ2) is 5.67. The molecule has 0 radical (unpaired) electrons. The van der Waals surface area contributed by atoms with Crippen molar-refractivity contribution in [1.29, 1.82) is 0 Å². The summed E-state index contributed by atoms with van der Waals surface area (Å²) in [5.74, 6) is 1.74. The molecule has 1 aromatic rings. The summed E-state index contributed by atoms with van der Waals surface area (Å²) in [4.78, 5) is 4.52. The Morgan fingerprint density at radius 3 is 2.88 bits per heavy atom. The maximum absolute atomic E-state index is 4.52. The van der Waals surface area contributed by atoms with E-state index in [2.05, 4.69) is 41.8 Å². The van der Waals surface area contributed by atoms with Gasteiger partial charge in [0.05, 0.1) is 6.04 Å². The van der Waals surface area contributed by atoms with Crippen LogP contribution in [0.2, 0.25) is 0 Å². The number of nitrogens with one attached hydrogen (secondary N) is 1. The van der Waals surface area contributed by atoms with Crippen molar-refractivity contribution in [2.75, 3.05) is 6.54 Å². The lowest BCUT2D eigenvalue weighted by molar-refractivity contribution is 0.260. The fraction of sp³-hybridized carbons (Fsp3) is 0.786. The number of rotatable bonds is 4. The maximum Gasteiger partial charge on any atom is 0.111 e. The fourth-order valence-electron chi connectivity index (χ4n) is 3.00. The average Bonchev–Trinajstić information content (AvgIpc) is 2.79. The molecular weight excluding hydrogens is 210 g/mol. The molecule has 3 heteroatoms. The van der Waals surface area contributed by atoms with Gasteiger partial charge in [0, 0.05) is 24.4 Å². The summed E-state index contributed by atoms with van der Waals surface area (Å²) in [5, 5.41) is 3.64. The lowest BCUT2D eigenvalue weighted by atomic mass is 9.89. The summed E-state index contributed by atoms with van der Waals surface area (Å²) in [5.41, 5.74) is 0. The van der Waals surface area contributed by atoms with Gasteiger partial charge in [-0.05, 0) is 19.4 Å². The van der Waals surface area contributed by atoms with Gasteiger partial charge in [0.1, 0.15) is 5.82 Å². The Bertz CT molecular complexity index is 341. The Labute approximate surface area is 105 Å². The molecule has 0 spiro atoms. The van der Waals surface area contributed by atoms with Crippen LogP contribution in [0, 0.1) is 0 Å². The summed E-state index contributed by atoms with van der Waals surface area (Å²) >= 11 is 0. The van der Waals surface area contributed by atoms with Gasteiger partial charge in [-0.2, -0.15) is 0 Å². The number of aromatic nitrogens is 2. The van der Waals surface area contributed by atoms with Crippen LogP contribution in [0.25, 0.3) is 0 Å². The summed E-state index contributed by atoms with van der Waals surface area (Å²) in [7, 11) is 0. The van der Waals surface area contributed by atoms with Gasteiger partial charge >= 0.3 is 0 Å². The van der Waals surface area contributed by atoms with E-state index in [4.69, 9.17) is 0 Å². The molecule has 0 aromatic carbocycles. The summed E-state index contributed by atoms with van der Waals surface area (Å²) in [6, 6.07) is 1.23. The van der Waals surface area contributed by atoms with E-state index in [1.807, 2.05) is 6.20 Å². The predicted octanol–water partition coefficient (Wildman–Crippen LogP) is 3.10. The molecule has 1 heterocycles. The van der Waals surface area contributed by atoms with Crippen LogP contribution >= 0.6 is 0 Å². The van der Waals surface area contributed by atoms with Gasteiger partial charge < -0.3 is 9.88 Å². The largest absolute Gasteiger partial charge is 0.330 e. The quantitative estimate of drug-likeness (QED) is 0.869. The first-order valence-corrected chi connectivity index (χ1v) is 7.00. The smallest absolute Gasteiger partial charge is 0.111 e. The highest BCUT2D eigenvalue weighted by molar-refractivity contribution is 5.02. The van der Waals surface area contributed by atoms with Crippen molar-refractivity contribution in [2.24, 2.45) is 0 Å². The third-order valence-corrected chi connectivity index (χ3v) is 3.77. The van der Waals surface area contributed by atoms with Crippen molar-refractivity contribution in [2.45, 2.75) is 64.5 Å². The minimum absolute atomic E-state index is 0.509. The van der Waals surface area contributed by atoms with E-state index in [1.54, 1.807) is 0 Å². The molecule has 1 aromatic heterocycles. The second-order valence-electron chi connectivity index (χ2n) is 5.36. The molecule has 17 heavy (non-hydrogen) atoms. The topological polar surface area (TPSA) is 29.9 Å². The zero-order valence-corrected chi connectivity index (χ0v) is 11.3. The van der Waals surface area contributed by atoms with Crippen LogP contribution < -0.4 is 5.32 Å². The Hall–Kier alpha value is -0.830. The number of imidazole rings is 1. The van der Waals surface area contributed by atoms with E-state index >= 15 is 0 Å². The molecule has 1 saturated carbocycles. The number of hydrogen-bond acceptors (Lipinski definition) is 2. The Kier molecular flexibility index (Phi) is 4.21. The Morgan fingerprint density at radius 1 is 1.41 bits per heavy atom. The number of hydrogen-bond donors (Lipinski definition) is 1. The molecular formula is C14H25N3. The molecule has 1 aliphatic rings. The monoisotopic (exact) mass is 235 g/mol. The third kappa shape index (κ3) is 2.71. The normalized spacial score (nSPS) is 25.4. The van der Waals surface area contributed by atoms with E-state index in [0.717, 1.165) is 6.54 Å². The van der Waals surface area contributed by atoms with Gasteiger partial charge in [0.2, 0.25) is 0 Å². The molecule has 96 valence electrons. The zero-order valence-electron chi connectivity index (χ0n) is 11.3. The van der Waals surface area contributed by atoms with Crippen molar-refractivity contribution in [3.8, 4) is 0 Å². The predicted molar refractivity (Wildman–Crippen MR) is 71.3 cm³/mol. The van der Waals surface area contributed by atoms with Crippen LogP contribution in [-0.4, -0.2) is 22.1 Å². The van der Waals surface area contributed by atoms with Gasteiger partial charge in [0.25, 0.3) is 0 Å². The molecule has 0 bridgehead atoms. The van der Waals surface area contributed by atoms with E-state index in [1.165, 1.54) is 31.5 Å². The van der Waals surface area contributed by atoms with Gasteiger partial charge in [-0.25, -0.2) is 4.98 Å². The van der Waals surface area contributed by atoms with E-state index in [9.17, 15) is 0 Å². The second-order valence-corrected chi connectivity index (χ2v) is 5.36. The molecule has 2 rings (SSSR count). The van der Waals surface area contributed by atoms with Crippen LogP contribution in [0.15, 0.2) is 12.4 Å². The minimum Gasteiger partial charge on any atom is -0.330 e. The first kappa shape index (κ1) is 12.6. The lowest BCUT2D eigenvalue weighted by Crippen LogP contribution is -2.40. The summed E-state index contributed by atoms with van der Waals surface area (Å²) in [6.07, 6.45) is 9.41. The van der Waals surface area contributed by atoms with Crippen LogP contribution in [-0.2, 0) is 0 Å². The molecule has 3 nitrogen and oxygen atoms in total. The standard InChI is InChI=1S/C14H25N3/c1-4-15-12-7-5-6-8-13(12)17-10-9-16-14(17)11(2)3/h9-13,15H,4-8H2,1-3H3. The highest BCUT2D eigenvalue weighted by Crippen LogP contribution is 2.31. The van der Waals surface area contributed by atoms with E-state index < -0.39 is 0 Å². The van der Waals surface area contributed by atoms with Crippen molar-refractivity contribution in [3.63, 3.8) is 0 Å². The van der Waals surface area contributed by atoms with Crippen LogP contribution in [0.1, 0.15) is 64.2 Å². The SMILES string of the molecule is CCNC1CCCCC1n1ccnc1C(C)C. The van der Waals surface area contributed by atoms with Crippen LogP contribution in [0.3, 0.4) is 0 Å². The molecule has 1 fully saturated rings. The van der Waals surface area contributed by atoms with Gasteiger partial charge in [-0.1, -0.05) is 33.6 Å². The van der Waals surface area contributed by atoms with Crippen LogP contribution in [0.5, 0.6) is 0 Å². The fourth-order valence-corrected chi connectivity index (χ4v) is 3.00. The van der Waals surface area contributed by atoms with Crippen molar-refractivity contribution in [3.05, 3.63) is 18.2 Å². The van der Waals surface area contributed by atoms with E-state index in [-0.39, 0.29) is 0 Å². The third-order valence-electron chi connectivity index (χ3n) is 3.77. The molecule has 1 aliphatic carbocycles.